The number of aromatic nitrogens is 2. The molecule has 4 aromatic rings. The van der Waals surface area contributed by atoms with Gasteiger partial charge in [-0.2, -0.15) is 4.98 Å². The van der Waals surface area contributed by atoms with Gasteiger partial charge in [0.1, 0.15) is 5.00 Å². The molecule has 5 rings (SSSR count). The van der Waals surface area contributed by atoms with Gasteiger partial charge in [0.25, 0.3) is 11.8 Å². The Kier molecular flexibility index (Phi) is 5.46. The molecule has 0 saturated heterocycles. The summed E-state index contributed by atoms with van der Waals surface area (Å²) in [5, 5.41) is 8.08. The summed E-state index contributed by atoms with van der Waals surface area (Å²) in [6.07, 6.45) is 4.24. The summed E-state index contributed by atoms with van der Waals surface area (Å²) in [7, 11) is 0. The van der Waals surface area contributed by atoms with Crippen LogP contribution in [0.4, 0.5) is 5.00 Å². The molecule has 1 N–H and O–H groups in total. The van der Waals surface area contributed by atoms with Crippen LogP contribution in [0.15, 0.2) is 57.5 Å². The molecule has 0 saturated carbocycles. The highest BCUT2D eigenvalue weighted by molar-refractivity contribution is 9.10. The first-order valence-electron chi connectivity index (χ1n) is 10.2. The van der Waals surface area contributed by atoms with Crippen molar-refractivity contribution in [3.63, 3.8) is 0 Å². The van der Waals surface area contributed by atoms with Crippen LogP contribution >= 0.6 is 27.3 Å². The van der Waals surface area contributed by atoms with Crippen LogP contribution in [0.3, 0.4) is 0 Å². The van der Waals surface area contributed by atoms with Crippen LogP contribution in [0.1, 0.15) is 39.2 Å². The number of rotatable bonds is 4. The predicted molar refractivity (Wildman–Crippen MR) is 127 cm³/mol. The Labute approximate surface area is 192 Å². The van der Waals surface area contributed by atoms with Crippen LogP contribution < -0.4 is 5.32 Å². The number of nitrogens with one attached hydrogen (secondary N) is 1. The Hall–Kier alpha value is -2.77. The lowest BCUT2D eigenvalue weighted by molar-refractivity contribution is 0.102. The van der Waals surface area contributed by atoms with E-state index in [-0.39, 0.29) is 5.91 Å². The molecule has 5 nitrogen and oxygen atoms in total. The highest BCUT2D eigenvalue weighted by Crippen LogP contribution is 2.44. The topological polar surface area (TPSA) is 68.0 Å². The molecule has 2 aromatic heterocycles. The maximum absolute atomic E-state index is 13.0. The number of halogens is 1. The lowest BCUT2D eigenvalue weighted by Crippen LogP contribution is -2.12. The van der Waals surface area contributed by atoms with E-state index in [1.807, 2.05) is 49.4 Å². The number of carbonyl (C=O) groups excluding carboxylic acids is 1. The maximum Gasteiger partial charge on any atom is 0.261 e. The first kappa shape index (κ1) is 20.2. The van der Waals surface area contributed by atoms with Gasteiger partial charge in [-0.05, 0) is 66.2 Å². The van der Waals surface area contributed by atoms with Crippen molar-refractivity contribution in [3.05, 3.63) is 74.6 Å². The molecule has 0 unspecified atom stereocenters. The molecule has 2 heterocycles. The summed E-state index contributed by atoms with van der Waals surface area (Å²) < 4.78 is 6.46. The summed E-state index contributed by atoms with van der Waals surface area (Å²) in [5.41, 5.74) is 4.76. The molecule has 156 valence electrons. The number of hydrogen-bond acceptors (Lipinski definition) is 5. The zero-order valence-corrected chi connectivity index (χ0v) is 19.3. The van der Waals surface area contributed by atoms with E-state index >= 15 is 0 Å². The summed E-state index contributed by atoms with van der Waals surface area (Å²) in [4.78, 5) is 19.0. The van der Waals surface area contributed by atoms with Crippen LogP contribution in [-0.2, 0) is 12.8 Å². The fraction of sp³-hybridized carbons (Fsp3) is 0.208. The summed E-state index contributed by atoms with van der Waals surface area (Å²) in [5.74, 6) is 0.844. The van der Waals surface area contributed by atoms with Crippen molar-refractivity contribution in [2.45, 2.75) is 32.6 Å². The summed E-state index contributed by atoms with van der Waals surface area (Å²) >= 11 is 5.08. The maximum atomic E-state index is 13.0. The van der Waals surface area contributed by atoms with Gasteiger partial charge in [-0.1, -0.05) is 47.1 Å². The SMILES string of the molecule is Cc1ccc(-c2noc(-c3c(NC(=O)c4ccccc4Br)sc4c3CCCC4)n2)cc1. The van der Waals surface area contributed by atoms with Gasteiger partial charge >= 0.3 is 0 Å². The molecule has 7 heteroatoms. The second-order valence-corrected chi connectivity index (χ2v) is 9.60. The summed E-state index contributed by atoms with van der Waals surface area (Å²) in [6, 6.07) is 15.4. The Morgan fingerprint density at radius 3 is 2.68 bits per heavy atom. The Morgan fingerprint density at radius 2 is 1.87 bits per heavy atom. The van der Waals surface area contributed by atoms with Crippen LogP contribution in [0.2, 0.25) is 0 Å². The number of nitrogens with zero attached hydrogens (tertiary/aromatic N) is 2. The van der Waals surface area contributed by atoms with Gasteiger partial charge in [-0.15, -0.1) is 11.3 Å². The lowest BCUT2D eigenvalue weighted by Gasteiger charge is -2.11. The number of benzene rings is 2. The van der Waals surface area contributed by atoms with Gasteiger partial charge < -0.3 is 9.84 Å². The van der Waals surface area contributed by atoms with Crippen molar-refractivity contribution in [3.8, 4) is 22.8 Å². The molecule has 2 aromatic carbocycles. The molecule has 0 bridgehead atoms. The fourth-order valence-electron chi connectivity index (χ4n) is 3.84. The number of fused-ring (bicyclic) bond motifs is 1. The van der Waals surface area contributed by atoms with Crippen molar-refractivity contribution in [1.82, 2.24) is 10.1 Å². The minimum Gasteiger partial charge on any atom is -0.333 e. The molecular weight excluding hydrogens is 474 g/mol. The highest BCUT2D eigenvalue weighted by atomic mass is 79.9. The van der Waals surface area contributed by atoms with Gasteiger partial charge in [-0.25, -0.2) is 0 Å². The zero-order chi connectivity index (χ0) is 21.4. The van der Waals surface area contributed by atoms with Crippen molar-refractivity contribution in [1.29, 1.82) is 0 Å². The third-order valence-corrected chi connectivity index (χ3v) is 7.37. The highest BCUT2D eigenvalue weighted by Gasteiger charge is 2.27. The minimum atomic E-state index is -0.161. The molecule has 1 aliphatic carbocycles. The quantitative estimate of drug-likeness (QED) is 0.344. The molecular formula is C24H20BrN3O2S. The van der Waals surface area contributed by atoms with Gasteiger partial charge in [0, 0.05) is 14.9 Å². The van der Waals surface area contributed by atoms with Crippen molar-refractivity contribution >= 4 is 38.2 Å². The van der Waals surface area contributed by atoms with Crippen molar-refractivity contribution < 1.29 is 9.32 Å². The smallest absolute Gasteiger partial charge is 0.261 e. The number of thiophene rings is 1. The van der Waals surface area contributed by atoms with Crippen LogP contribution in [0, 0.1) is 6.92 Å². The van der Waals surface area contributed by atoms with E-state index in [0.29, 0.717) is 17.3 Å². The molecule has 0 fully saturated rings. The van der Waals surface area contributed by atoms with Crippen LogP contribution in [-0.4, -0.2) is 16.0 Å². The molecule has 0 spiro atoms. The van der Waals surface area contributed by atoms with Crippen LogP contribution in [0.25, 0.3) is 22.8 Å². The van der Waals surface area contributed by atoms with E-state index in [1.54, 1.807) is 17.4 Å². The molecule has 1 aliphatic rings. The second kappa shape index (κ2) is 8.40. The number of anilines is 1. The Balaban J connectivity index is 1.54. The largest absolute Gasteiger partial charge is 0.333 e. The van der Waals surface area contributed by atoms with E-state index < -0.39 is 0 Å². The molecule has 0 atom stereocenters. The third-order valence-electron chi connectivity index (χ3n) is 5.47. The number of aryl methyl sites for hydroxylation is 2. The van der Waals surface area contributed by atoms with Gasteiger partial charge in [0.2, 0.25) is 5.82 Å². The predicted octanol–water partition coefficient (Wildman–Crippen LogP) is 6.67. The average molecular weight is 494 g/mol. The molecule has 0 radical (unpaired) electrons. The average Bonchev–Trinajstić information content (AvgIpc) is 3.39. The number of amides is 1. The van der Waals surface area contributed by atoms with Crippen molar-refractivity contribution in [2.24, 2.45) is 0 Å². The van der Waals surface area contributed by atoms with Crippen LogP contribution in [0.5, 0.6) is 0 Å². The molecule has 0 aliphatic heterocycles. The normalized spacial score (nSPS) is 13.1. The number of carbonyl (C=O) groups is 1. The first-order valence-corrected chi connectivity index (χ1v) is 11.8. The molecule has 1 amide bonds. The Morgan fingerprint density at radius 1 is 1.10 bits per heavy atom. The standard InChI is InChI=1S/C24H20BrN3O2S/c1-14-10-12-15(13-11-14)21-26-23(30-28-21)20-17-7-3-5-9-19(17)31-24(20)27-22(29)16-6-2-4-8-18(16)25/h2,4,6,8,10-13H,3,5,7,9H2,1H3,(H,27,29). The van der Waals surface area contributed by atoms with E-state index in [9.17, 15) is 4.79 Å². The van der Waals surface area contributed by atoms with Gasteiger partial charge in [0.05, 0.1) is 11.1 Å². The van der Waals surface area contributed by atoms with Crippen molar-refractivity contribution in [2.75, 3.05) is 5.32 Å². The van der Waals surface area contributed by atoms with E-state index in [4.69, 9.17) is 4.52 Å². The third kappa shape index (κ3) is 3.95. The first-order chi connectivity index (χ1) is 15.1. The Bertz CT molecular complexity index is 1260. The van der Waals surface area contributed by atoms with E-state index in [2.05, 4.69) is 31.4 Å². The van der Waals surface area contributed by atoms with Gasteiger partial charge in [0.15, 0.2) is 0 Å². The van der Waals surface area contributed by atoms with Gasteiger partial charge in [-0.3, -0.25) is 4.79 Å². The van der Waals surface area contributed by atoms with E-state index in [1.165, 1.54) is 16.0 Å². The van der Waals surface area contributed by atoms with E-state index in [0.717, 1.165) is 46.3 Å². The summed E-state index contributed by atoms with van der Waals surface area (Å²) in [6.45, 7) is 2.04. The monoisotopic (exact) mass is 493 g/mol. The second-order valence-electron chi connectivity index (χ2n) is 7.64. The lowest BCUT2D eigenvalue weighted by atomic mass is 9.95. The molecule has 31 heavy (non-hydrogen) atoms. The zero-order valence-electron chi connectivity index (χ0n) is 16.9. The minimum absolute atomic E-state index is 0.161. The fourth-order valence-corrected chi connectivity index (χ4v) is 5.58. The number of hydrogen-bond donors (Lipinski definition) is 1.